The molecule has 0 saturated carbocycles. The number of H-pyrrole nitrogens is 1. The average Bonchev–Trinajstić information content (AvgIpc) is 2.91. The molecular weight excluding hydrogens is 272 g/mol. The van der Waals surface area contributed by atoms with Gasteiger partial charge < -0.3 is 16.0 Å². The van der Waals surface area contributed by atoms with Crippen LogP contribution < -0.4 is 11.1 Å². The van der Waals surface area contributed by atoms with Crippen LogP contribution in [0.15, 0.2) is 12.4 Å². The van der Waals surface area contributed by atoms with E-state index in [4.69, 9.17) is 18.0 Å². The van der Waals surface area contributed by atoms with E-state index in [1.807, 2.05) is 20.8 Å². The summed E-state index contributed by atoms with van der Waals surface area (Å²) in [5, 5.41) is 2.97. The fourth-order valence-corrected chi connectivity index (χ4v) is 2.78. The van der Waals surface area contributed by atoms with Crippen molar-refractivity contribution in [3.05, 3.63) is 18.2 Å². The van der Waals surface area contributed by atoms with Crippen LogP contribution in [0.3, 0.4) is 0 Å². The zero-order valence-electron chi connectivity index (χ0n) is 12.4. The van der Waals surface area contributed by atoms with Crippen LogP contribution in [-0.2, 0) is 4.79 Å². The Bertz CT molecular complexity index is 438. The van der Waals surface area contributed by atoms with Gasteiger partial charge >= 0.3 is 0 Å². The molecule has 0 fully saturated rings. The summed E-state index contributed by atoms with van der Waals surface area (Å²) in [7, 11) is 0. The molecule has 0 aliphatic rings. The maximum absolute atomic E-state index is 12.7. The van der Waals surface area contributed by atoms with Crippen molar-refractivity contribution in [3.63, 3.8) is 0 Å². The minimum absolute atomic E-state index is 0.0994. The van der Waals surface area contributed by atoms with E-state index >= 15 is 0 Å². The maximum Gasteiger partial charge on any atom is 0.233 e. The number of carbonyl (C=O) groups is 1. The summed E-state index contributed by atoms with van der Waals surface area (Å²) in [6.45, 7) is 5.96. The Morgan fingerprint density at radius 1 is 1.50 bits per heavy atom. The predicted molar refractivity (Wildman–Crippen MR) is 84.2 cm³/mol. The SMILES string of the molecule is CCCC(CCC)(C(=O)NC(C)c1ncc[nH]1)C(N)=S. The Balaban J connectivity index is 2.90. The van der Waals surface area contributed by atoms with Gasteiger partial charge in [0.05, 0.1) is 16.4 Å². The van der Waals surface area contributed by atoms with Gasteiger partial charge in [-0.15, -0.1) is 0 Å². The molecule has 1 unspecified atom stereocenters. The maximum atomic E-state index is 12.7. The molecule has 0 saturated heterocycles. The number of hydrogen-bond acceptors (Lipinski definition) is 3. The highest BCUT2D eigenvalue weighted by Crippen LogP contribution is 2.31. The third-order valence-electron chi connectivity index (χ3n) is 3.54. The Kier molecular flexibility index (Phi) is 6.13. The summed E-state index contributed by atoms with van der Waals surface area (Å²) < 4.78 is 0. The highest BCUT2D eigenvalue weighted by atomic mass is 32.1. The Hall–Kier alpha value is -1.43. The number of imidazole rings is 1. The first-order chi connectivity index (χ1) is 9.47. The Labute approximate surface area is 125 Å². The molecule has 1 rings (SSSR count). The zero-order valence-corrected chi connectivity index (χ0v) is 13.2. The van der Waals surface area contributed by atoms with Gasteiger partial charge in [0.2, 0.25) is 5.91 Å². The molecule has 1 atom stereocenters. The van der Waals surface area contributed by atoms with E-state index in [2.05, 4.69) is 15.3 Å². The molecule has 0 aliphatic heterocycles. The standard InChI is InChI=1S/C14H24N4OS/c1-4-6-14(7-5-2,12(15)20)13(19)18-10(3)11-16-8-9-17-11/h8-10H,4-7H2,1-3H3,(H2,15,20)(H,16,17)(H,18,19). The van der Waals surface area contributed by atoms with E-state index in [-0.39, 0.29) is 16.9 Å². The van der Waals surface area contributed by atoms with Gasteiger partial charge in [-0.2, -0.15) is 0 Å². The smallest absolute Gasteiger partial charge is 0.233 e. The van der Waals surface area contributed by atoms with Crippen molar-refractivity contribution in [2.75, 3.05) is 0 Å². The van der Waals surface area contributed by atoms with Crippen LogP contribution in [0.2, 0.25) is 0 Å². The van der Waals surface area contributed by atoms with Crippen molar-refractivity contribution in [2.45, 2.75) is 52.5 Å². The molecule has 4 N–H and O–H groups in total. The normalized spacial score (nSPS) is 12.9. The van der Waals surface area contributed by atoms with Crippen molar-refractivity contribution in [1.29, 1.82) is 0 Å². The molecule has 1 heterocycles. The van der Waals surface area contributed by atoms with Gasteiger partial charge in [0, 0.05) is 12.4 Å². The van der Waals surface area contributed by atoms with Crippen molar-refractivity contribution >= 4 is 23.1 Å². The lowest BCUT2D eigenvalue weighted by Gasteiger charge is -2.32. The zero-order chi connectivity index (χ0) is 15.2. The van der Waals surface area contributed by atoms with Crippen molar-refractivity contribution in [3.8, 4) is 0 Å². The number of carbonyl (C=O) groups excluding carboxylic acids is 1. The fourth-order valence-electron chi connectivity index (χ4n) is 2.48. The number of nitrogens with zero attached hydrogens (tertiary/aromatic N) is 1. The number of amides is 1. The summed E-state index contributed by atoms with van der Waals surface area (Å²) in [6.07, 6.45) is 6.47. The topological polar surface area (TPSA) is 83.8 Å². The number of nitrogens with one attached hydrogen (secondary N) is 2. The molecule has 0 aliphatic carbocycles. The van der Waals surface area contributed by atoms with Gasteiger partial charge in [0.1, 0.15) is 5.82 Å². The van der Waals surface area contributed by atoms with E-state index < -0.39 is 5.41 Å². The quantitative estimate of drug-likeness (QED) is 0.643. The van der Waals surface area contributed by atoms with Crippen molar-refractivity contribution in [1.82, 2.24) is 15.3 Å². The molecule has 6 heteroatoms. The molecular formula is C14H24N4OS. The molecule has 1 aromatic heterocycles. The molecule has 0 aromatic carbocycles. The van der Waals surface area contributed by atoms with Crippen LogP contribution in [0.1, 0.15) is 58.3 Å². The summed E-state index contributed by atoms with van der Waals surface area (Å²) in [4.78, 5) is 20.1. The second kappa shape index (κ2) is 7.38. The average molecular weight is 296 g/mol. The monoisotopic (exact) mass is 296 g/mol. The molecule has 5 nitrogen and oxygen atoms in total. The Morgan fingerprint density at radius 2 is 2.10 bits per heavy atom. The first-order valence-electron chi connectivity index (χ1n) is 7.08. The lowest BCUT2D eigenvalue weighted by Crippen LogP contribution is -2.49. The second-order valence-corrected chi connectivity index (χ2v) is 5.56. The number of nitrogens with two attached hydrogens (primary N) is 1. The minimum atomic E-state index is -0.750. The van der Waals surface area contributed by atoms with Crippen LogP contribution in [-0.4, -0.2) is 20.9 Å². The van der Waals surface area contributed by atoms with E-state index in [1.165, 1.54) is 0 Å². The minimum Gasteiger partial charge on any atom is -0.392 e. The predicted octanol–water partition coefficient (Wildman–Crippen LogP) is 2.46. The summed E-state index contributed by atoms with van der Waals surface area (Å²) in [6, 6.07) is -0.195. The fraction of sp³-hybridized carbons (Fsp3) is 0.643. The van der Waals surface area contributed by atoms with Gasteiger partial charge in [-0.05, 0) is 19.8 Å². The van der Waals surface area contributed by atoms with Gasteiger partial charge in [-0.3, -0.25) is 4.79 Å². The number of rotatable bonds is 8. The third-order valence-corrected chi connectivity index (χ3v) is 3.93. The largest absolute Gasteiger partial charge is 0.392 e. The van der Waals surface area contributed by atoms with Crippen LogP contribution in [0, 0.1) is 5.41 Å². The summed E-state index contributed by atoms with van der Waals surface area (Å²) >= 11 is 5.18. The number of aromatic amines is 1. The molecule has 0 bridgehead atoms. The lowest BCUT2D eigenvalue weighted by molar-refractivity contribution is -0.129. The van der Waals surface area contributed by atoms with Crippen LogP contribution in [0.4, 0.5) is 0 Å². The summed E-state index contributed by atoms with van der Waals surface area (Å²) in [5.74, 6) is 0.626. The van der Waals surface area contributed by atoms with Gasteiger partial charge in [-0.25, -0.2) is 4.98 Å². The number of aromatic nitrogens is 2. The van der Waals surface area contributed by atoms with Crippen LogP contribution in [0.5, 0.6) is 0 Å². The number of hydrogen-bond donors (Lipinski definition) is 3. The molecule has 1 aromatic rings. The Morgan fingerprint density at radius 3 is 2.50 bits per heavy atom. The van der Waals surface area contributed by atoms with Crippen LogP contribution in [0.25, 0.3) is 0 Å². The number of thiocarbonyl (C=S) groups is 1. The van der Waals surface area contributed by atoms with Crippen LogP contribution >= 0.6 is 12.2 Å². The molecule has 0 radical (unpaired) electrons. The van der Waals surface area contributed by atoms with E-state index in [0.29, 0.717) is 12.8 Å². The van der Waals surface area contributed by atoms with Gasteiger partial charge in [0.25, 0.3) is 0 Å². The lowest BCUT2D eigenvalue weighted by atomic mass is 9.78. The highest BCUT2D eigenvalue weighted by molar-refractivity contribution is 7.80. The van der Waals surface area contributed by atoms with Crippen molar-refractivity contribution in [2.24, 2.45) is 11.1 Å². The molecule has 112 valence electrons. The first-order valence-corrected chi connectivity index (χ1v) is 7.49. The summed E-state index contributed by atoms with van der Waals surface area (Å²) in [5.41, 5.74) is 5.14. The molecule has 1 amide bonds. The van der Waals surface area contributed by atoms with E-state index in [0.717, 1.165) is 18.7 Å². The first kappa shape index (κ1) is 16.6. The molecule has 20 heavy (non-hydrogen) atoms. The second-order valence-electron chi connectivity index (χ2n) is 5.12. The van der Waals surface area contributed by atoms with E-state index in [1.54, 1.807) is 12.4 Å². The highest BCUT2D eigenvalue weighted by Gasteiger charge is 2.40. The molecule has 0 spiro atoms. The van der Waals surface area contributed by atoms with E-state index in [9.17, 15) is 4.79 Å². The van der Waals surface area contributed by atoms with Crippen molar-refractivity contribution < 1.29 is 4.79 Å². The van der Waals surface area contributed by atoms with Gasteiger partial charge in [-0.1, -0.05) is 38.9 Å². The third kappa shape index (κ3) is 3.56. The van der Waals surface area contributed by atoms with Gasteiger partial charge in [0.15, 0.2) is 0 Å².